The molecule has 3 nitrogen and oxygen atoms in total. The molecule has 1 fully saturated rings. The van der Waals surface area contributed by atoms with Crippen LogP contribution in [0.25, 0.3) is 0 Å². The van der Waals surface area contributed by atoms with E-state index >= 15 is 0 Å². The summed E-state index contributed by atoms with van der Waals surface area (Å²) >= 11 is 2.05. The van der Waals surface area contributed by atoms with E-state index in [9.17, 15) is 0 Å². The van der Waals surface area contributed by atoms with Gasteiger partial charge >= 0.3 is 0 Å². The van der Waals surface area contributed by atoms with Crippen molar-refractivity contribution in [3.8, 4) is 0 Å². The average molecular weight is 308 g/mol. The number of aryl methyl sites for hydroxylation is 1. The summed E-state index contributed by atoms with van der Waals surface area (Å²) < 4.78 is 0. The van der Waals surface area contributed by atoms with Crippen molar-refractivity contribution in [2.24, 2.45) is 0 Å². The minimum absolute atomic E-state index is 0.144. The lowest BCUT2D eigenvalue weighted by Gasteiger charge is -2.34. The minimum atomic E-state index is 0.144. The second-order valence-corrected chi connectivity index (χ2v) is 8.05. The Labute approximate surface area is 133 Å². The van der Waals surface area contributed by atoms with Crippen LogP contribution in [0.4, 0.5) is 5.82 Å². The molecule has 1 aromatic rings. The van der Waals surface area contributed by atoms with Crippen LogP contribution in [0, 0.1) is 0 Å². The van der Waals surface area contributed by atoms with Crippen molar-refractivity contribution in [3.63, 3.8) is 0 Å². The molecular weight excluding hydrogens is 278 g/mol. The summed E-state index contributed by atoms with van der Waals surface area (Å²) in [6, 6.07) is 5.09. The van der Waals surface area contributed by atoms with E-state index in [1.807, 2.05) is 11.8 Å². The fourth-order valence-electron chi connectivity index (χ4n) is 2.50. The van der Waals surface area contributed by atoms with Gasteiger partial charge in [0.15, 0.2) is 0 Å². The predicted octanol–water partition coefficient (Wildman–Crippen LogP) is 3.47. The molecule has 1 aromatic heterocycles. The molecule has 1 saturated heterocycles. The summed E-state index contributed by atoms with van der Waals surface area (Å²) in [6.07, 6.45) is 0.993. The van der Waals surface area contributed by atoms with Gasteiger partial charge in [-0.2, -0.15) is 11.8 Å². The summed E-state index contributed by atoms with van der Waals surface area (Å²) in [5.41, 5.74) is 2.69. The third-order valence-electron chi connectivity index (χ3n) is 3.77. The average Bonchev–Trinajstić information content (AvgIpc) is 2.44. The zero-order chi connectivity index (χ0) is 15.5. The third-order valence-corrected chi connectivity index (χ3v) is 4.96. The Morgan fingerprint density at radius 1 is 1.38 bits per heavy atom. The van der Waals surface area contributed by atoms with Crippen molar-refractivity contribution in [1.82, 2.24) is 10.3 Å². The van der Waals surface area contributed by atoms with Gasteiger partial charge in [0.25, 0.3) is 0 Å². The van der Waals surface area contributed by atoms with E-state index in [1.165, 1.54) is 22.8 Å². The lowest BCUT2D eigenvalue weighted by atomic mass is 10.1. The topological polar surface area (TPSA) is 28.2 Å². The summed E-state index contributed by atoms with van der Waals surface area (Å²) in [4.78, 5) is 7.33. The molecule has 0 aromatic carbocycles. The lowest BCUT2D eigenvalue weighted by molar-refractivity contribution is 0.424. The molecule has 0 amide bonds. The summed E-state index contributed by atoms with van der Waals surface area (Å²) in [6.45, 7) is 13.1. The summed E-state index contributed by atoms with van der Waals surface area (Å²) in [7, 11) is 0. The van der Waals surface area contributed by atoms with Gasteiger partial charge in [-0.15, -0.1) is 0 Å². The van der Waals surface area contributed by atoms with E-state index in [0.717, 1.165) is 25.3 Å². The van der Waals surface area contributed by atoms with Gasteiger partial charge in [-0.1, -0.05) is 6.92 Å². The fraction of sp³-hybridized carbons (Fsp3) is 0.706. The maximum absolute atomic E-state index is 4.86. The second kappa shape index (κ2) is 7.01. The number of pyridine rings is 1. The van der Waals surface area contributed by atoms with Crippen molar-refractivity contribution in [3.05, 3.63) is 23.4 Å². The van der Waals surface area contributed by atoms with Crippen molar-refractivity contribution in [1.29, 1.82) is 0 Å². The van der Waals surface area contributed by atoms with E-state index in [-0.39, 0.29) is 5.54 Å². The number of aromatic nitrogens is 1. The van der Waals surface area contributed by atoms with E-state index in [4.69, 9.17) is 4.98 Å². The molecule has 0 radical (unpaired) electrons. The first kappa shape index (κ1) is 16.6. The Balaban J connectivity index is 2.20. The molecule has 0 aliphatic carbocycles. The first-order valence-electron chi connectivity index (χ1n) is 7.98. The van der Waals surface area contributed by atoms with Crippen LogP contribution >= 0.6 is 11.8 Å². The van der Waals surface area contributed by atoms with Crippen LogP contribution in [0.1, 0.15) is 45.9 Å². The van der Waals surface area contributed by atoms with Crippen molar-refractivity contribution in [2.75, 3.05) is 23.0 Å². The number of anilines is 1. The molecule has 1 atom stereocenters. The summed E-state index contributed by atoms with van der Waals surface area (Å²) in [5, 5.41) is 3.58. The highest BCUT2D eigenvalue weighted by Gasteiger charge is 2.21. The smallest absolute Gasteiger partial charge is 0.129 e. The molecule has 0 saturated carbocycles. The van der Waals surface area contributed by atoms with Crippen LogP contribution in [-0.2, 0) is 13.0 Å². The van der Waals surface area contributed by atoms with Crippen LogP contribution < -0.4 is 10.2 Å². The van der Waals surface area contributed by atoms with Crippen LogP contribution in [0.2, 0.25) is 0 Å². The number of hydrogen-bond donors (Lipinski definition) is 1. The highest BCUT2D eigenvalue weighted by Crippen LogP contribution is 2.24. The Bertz CT molecular complexity index is 468. The third kappa shape index (κ3) is 4.89. The van der Waals surface area contributed by atoms with Crippen molar-refractivity contribution >= 4 is 17.6 Å². The van der Waals surface area contributed by atoms with Crippen LogP contribution in [0.15, 0.2) is 12.1 Å². The van der Waals surface area contributed by atoms with E-state index in [0.29, 0.717) is 6.04 Å². The zero-order valence-corrected chi connectivity index (χ0v) is 14.9. The number of thioether (sulfide) groups is 1. The fourth-order valence-corrected chi connectivity index (χ4v) is 3.51. The van der Waals surface area contributed by atoms with Crippen molar-refractivity contribution < 1.29 is 0 Å². The molecule has 118 valence electrons. The van der Waals surface area contributed by atoms with Crippen LogP contribution in [0.5, 0.6) is 0 Å². The first-order chi connectivity index (χ1) is 9.89. The molecule has 2 heterocycles. The number of rotatable bonds is 4. The van der Waals surface area contributed by atoms with Gasteiger partial charge in [0.05, 0.1) is 0 Å². The van der Waals surface area contributed by atoms with Gasteiger partial charge in [0, 0.05) is 41.9 Å². The van der Waals surface area contributed by atoms with Gasteiger partial charge in [-0.05, 0) is 51.8 Å². The van der Waals surface area contributed by atoms with Gasteiger partial charge in [-0.3, -0.25) is 0 Å². The number of nitrogens with zero attached hydrogens (tertiary/aromatic N) is 2. The molecule has 4 heteroatoms. The standard InChI is InChI=1S/C17H29N3S/c1-6-15-9-14(11-18-17(3,4)5)10-16(19-15)20-7-8-21-12-13(20)2/h9-10,13,18H,6-8,11-12H2,1-5H3. The predicted molar refractivity (Wildman–Crippen MR) is 94.3 cm³/mol. The summed E-state index contributed by atoms with van der Waals surface area (Å²) in [5.74, 6) is 3.57. The Hall–Kier alpha value is -0.740. The van der Waals surface area contributed by atoms with E-state index in [2.05, 4.69) is 57.0 Å². The highest BCUT2D eigenvalue weighted by molar-refractivity contribution is 7.99. The monoisotopic (exact) mass is 307 g/mol. The van der Waals surface area contributed by atoms with E-state index in [1.54, 1.807) is 0 Å². The van der Waals surface area contributed by atoms with E-state index < -0.39 is 0 Å². The van der Waals surface area contributed by atoms with Gasteiger partial charge in [-0.25, -0.2) is 4.98 Å². The number of hydrogen-bond acceptors (Lipinski definition) is 4. The largest absolute Gasteiger partial charge is 0.352 e. The highest BCUT2D eigenvalue weighted by atomic mass is 32.2. The molecule has 0 bridgehead atoms. The lowest BCUT2D eigenvalue weighted by Crippen LogP contribution is -2.41. The van der Waals surface area contributed by atoms with Gasteiger partial charge < -0.3 is 10.2 Å². The first-order valence-corrected chi connectivity index (χ1v) is 9.14. The molecule has 0 spiro atoms. The normalized spacial score (nSPS) is 19.9. The Morgan fingerprint density at radius 2 is 2.14 bits per heavy atom. The van der Waals surface area contributed by atoms with Gasteiger partial charge in [0.2, 0.25) is 0 Å². The molecule has 1 unspecified atom stereocenters. The maximum atomic E-state index is 4.86. The van der Waals surface area contributed by atoms with Gasteiger partial charge in [0.1, 0.15) is 5.82 Å². The Morgan fingerprint density at radius 3 is 2.76 bits per heavy atom. The number of nitrogens with one attached hydrogen (secondary N) is 1. The molecule has 1 N–H and O–H groups in total. The Kier molecular flexibility index (Phi) is 5.55. The second-order valence-electron chi connectivity index (χ2n) is 6.90. The SMILES string of the molecule is CCc1cc(CNC(C)(C)C)cc(N2CCSCC2C)n1. The van der Waals surface area contributed by atoms with Crippen LogP contribution in [-0.4, -0.2) is 34.6 Å². The maximum Gasteiger partial charge on any atom is 0.129 e. The molecule has 1 aliphatic rings. The minimum Gasteiger partial charge on any atom is -0.352 e. The molecular formula is C17H29N3S. The molecule has 1 aliphatic heterocycles. The quantitative estimate of drug-likeness (QED) is 0.922. The molecule has 21 heavy (non-hydrogen) atoms. The van der Waals surface area contributed by atoms with Crippen LogP contribution in [0.3, 0.4) is 0 Å². The molecule has 2 rings (SSSR count). The van der Waals surface area contributed by atoms with Crippen molar-refractivity contribution in [2.45, 2.75) is 59.2 Å². The zero-order valence-electron chi connectivity index (χ0n) is 14.1.